The molecular weight excluding hydrogens is 506 g/mol. The van der Waals surface area contributed by atoms with Crippen LogP contribution in [0.1, 0.15) is 121 Å². The van der Waals surface area contributed by atoms with Crippen LogP contribution >= 0.6 is 0 Å². The minimum atomic E-state index is -1.23. The first kappa shape index (κ1) is 33.6. The second-order valence-corrected chi connectivity index (χ2v) is 12.3. The average molecular weight is 560 g/mol. The zero-order chi connectivity index (χ0) is 29.7. The molecule has 8 nitrogen and oxygen atoms in total. The molecule has 0 saturated heterocycles. The Balaban J connectivity index is 2.42. The molecule has 2 atom stereocenters. The van der Waals surface area contributed by atoms with E-state index in [1.54, 1.807) is 25.7 Å². The summed E-state index contributed by atoms with van der Waals surface area (Å²) in [6.45, 7) is 11.0. The van der Waals surface area contributed by atoms with Gasteiger partial charge in [0.05, 0.1) is 6.61 Å². The zero-order valence-electron chi connectivity index (χ0n) is 25.7. The minimum Gasteiger partial charge on any atom is -0.444 e. The highest BCUT2D eigenvalue weighted by Crippen LogP contribution is 2.28. The number of carbonyl (C=O) groups is 3. The molecule has 40 heavy (non-hydrogen) atoms. The summed E-state index contributed by atoms with van der Waals surface area (Å²) in [7, 11) is 0. The summed E-state index contributed by atoms with van der Waals surface area (Å²) < 4.78 is 5.35. The topological polar surface area (TPSA) is 108 Å². The van der Waals surface area contributed by atoms with Crippen LogP contribution in [0, 0.1) is 13.8 Å². The Labute approximate surface area is 241 Å². The number of amides is 3. The highest BCUT2D eigenvalue weighted by molar-refractivity contribution is 5.92. The number of unbranched alkanes of at least 4 members (excludes halogenated alkanes) is 5. The molecule has 1 aliphatic rings. The number of hydrogen-bond donors (Lipinski definition) is 3. The van der Waals surface area contributed by atoms with E-state index in [0.717, 1.165) is 74.5 Å². The number of alkyl carbamates (subject to hydrolysis) is 1. The molecule has 2 unspecified atom stereocenters. The quantitative estimate of drug-likeness (QED) is 0.247. The van der Waals surface area contributed by atoms with Crippen molar-refractivity contribution in [2.45, 2.75) is 136 Å². The van der Waals surface area contributed by atoms with E-state index in [0.29, 0.717) is 6.54 Å². The van der Waals surface area contributed by atoms with Crippen molar-refractivity contribution in [2.75, 3.05) is 13.2 Å². The fraction of sp³-hybridized carbons (Fsp3) is 0.719. The lowest BCUT2D eigenvalue weighted by atomic mass is 9.93. The van der Waals surface area contributed by atoms with Gasteiger partial charge in [0.1, 0.15) is 17.7 Å². The van der Waals surface area contributed by atoms with Gasteiger partial charge in [0.25, 0.3) is 0 Å². The Kier molecular flexibility index (Phi) is 13.9. The highest BCUT2D eigenvalue weighted by Gasteiger charge is 2.37. The average Bonchev–Trinajstić information content (AvgIpc) is 2.89. The second kappa shape index (κ2) is 16.6. The maximum Gasteiger partial charge on any atom is 0.408 e. The third-order valence-corrected chi connectivity index (χ3v) is 7.45. The summed E-state index contributed by atoms with van der Waals surface area (Å²) in [5.41, 5.74) is 1.91. The van der Waals surface area contributed by atoms with Gasteiger partial charge in [-0.25, -0.2) is 4.79 Å². The number of nitrogens with one attached hydrogen (secondary N) is 2. The summed E-state index contributed by atoms with van der Waals surface area (Å²) in [4.78, 5) is 42.2. The van der Waals surface area contributed by atoms with E-state index in [2.05, 4.69) is 17.6 Å². The van der Waals surface area contributed by atoms with Gasteiger partial charge in [-0.3, -0.25) is 9.59 Å². The summed E-state index contributed by atoms with van der Waals surface area (Å²) in [5, 5.41) is 16.0. The molecule has 0 bridgehead atoms. The normalized spacial score (nSPS) is 15.7. The van der Waals surface area contributed by atoms with Gasteiger partial charge in [-0.2, -0.15) is 0 Å². The van der Waals surface area contributed by atoms with Crippen molar-refractivity contribution in [3.8, 4) is 0 Å². The molecule has 1 fully saturated rings. The Morgan fingerprint density at radius 1 is 1.02 bits per heavy atom. The summed E-state index contributed by atoms with van der Waals surface area (Å²) in [5.74, 6) is -0.708. The van der Waals surface area contributed by atoms with E-state index in [1.165, 1.54) is 12.8 Å². The fourth-order valence-electron chi connectivity index (χ4n) is 5.30. The number of rotatable bonds is 14. The van der Waals surface area contributed by atoms with Crippen molar-refractivity contribution in [1.82, 2.24) is 15.5 Å². The Morgan fingerprint density at radius 2 is 1.68 bits per heavy atom. The number of aliphatic hydroxyl groups is 1. The second-order valence-electron chi connectivity index (χ2n) is 12.3. The number of aliphatic hydroxyl groups excluding tert-OH is 1. The summed E-state index contributed by atoms with van der Waals surface area (Å²) in [6.07, 6.45) is 10.5. The Hall–Kier alpha value is -2.61. The van der Waals surface area contributed by atoms with Crippen molar-refractivity contribution < 1.29 is 24.2 Å². The lowest BCUT2D eigenvalue weighted by Gasteiger charge is -2.36. The van der Waals surface area contributed by atoms with Crippen molar-refractivity contribution in [3.63, 3.8) is 0 Å². The molecule has 1 aromatic rings. The van der Waals surface area contributed by atoms with Gasteiger partial charge in [-0.05, 0) is 65.0 Å². The minimum absolute atomic E-state index is 0.0772. The standard InChI is InChI=1S/C32H53N3O5/c1-7-8-9-10-11-15-20-35(30(38)27(22-36)34-31(39)40-32(4,5)6)28(26-21-23(2)18-19-24(26)3)29(37)33-25-16-13-12-14-17-25/h18-19,21,25,27-28,36H,7-17,20,22H2,1-6H3,(H,33,37)(H,34,39). The van der Waals surface area contributed by atoms with Crippen molar-refractivity contribution in [2.24, 2.45) is 0 Å². The molecule has 0 radical (unpaired) electrons. The molecule has 0 aromatic heterocycles. The number of carbonyl (C=O) groups excluding carboxylic acids is 3. The van der Waals surface area contributed by atoms with Crippen molar-refractivity contribution >= 4 is 17.9 Å². The predicted molar refractivity (Wildman–Crippen MR) is 159 cm³/mol. The van der Waals surface area contributed by atoms with E-state index in [1.807, 2.05) is 32.0 Å². The number of nitrogens with zero attached hydrogens (tertiary/aromatic N) is 1. The van der Waals surface area contributed by atoms with Gasteiger partial charge in [0.2, 0.25) is 11.8 Å². The number of hydrogen-bond acceptors (Lipinski definition) is 5. The van der Waals surface area contributed by atoms with Crippen LogP contribution in [0.25, 0.3) is 0 Å². The lowest BCUT2D eigenvalue weighted by molar-refractivity contribution is -0.143. The molecule has 1 saturated carbocycles. The van der Waals surface area contributed by atoms with E-state index >= 15 is 0 Å². The van der Waals surface area contributed by atoms with Gasteiger partial charge in [-0.15, -0.1) is 0 Å². The number of aryl methyl sites for hydroxylation is 2. The molecule has 3 amide bonds. The number of ether oxygens (including phenoxy) is 1. The first-order valence-corrected chi connectivity index (χ1v) is 15.2. The summed E-state index contributed by atoms with van der Waals surface area (Å²) in [6, 6.07) is 3.91. The van der Waals surface area contributed by atoms with Gasteiger partial charge < -0.3 is 25.4 Å². The Morgan fingerprint density at radius 3 is 2.30 bits per heavy atom. The van der Waals surface area contributed by atoms with Crippen LogP contribution < -0.4 is 10.6 Å². The smallest absolute Gasteiger partial charge is 0.408 e. The molecule has 226 valence electrons. The van der Waals surface area contributed by atoms with E-state index < -0.39 is 36.3 Å². The van der Waals surface area contributed by atoms with Crippen LogP contribution in [-0.4, -0.2) is 58.8 Å². The SMILES string of the molecule is CCCCCCCCN(C(=O)C(CO)NC(=O)OC(C)(C)C)C(C(=O)NC1CCCCC1)c1cc(C)ccc1C. The molecule has 0 spiro atoms. The molecule has 3 N–H and O–H groups in total. The van der Waals surface area contributed by atoms with Crippen LogP contribution in [0.4, 0.5) is 4.79 Å². The van der Waals surface area contributed by atoms with Crippen molar-refractivity contribution in [1.29, 1.82) is 0 Å². The zero-order valence-corrected chi connectivity index (χ0v) is 25.7. The molecule has 1 aliphatic carbocycles. The molecule has 8 heteroatoms. The summed E-state index contributed by atoms with van der Waals surface area (Å²) >= 11 is 0. The number of benzene rings is 1. The van der Waals surface area contributed by atoms with Gasteiger partial charge >= 0.3 is 6.09 Å². The van der Waals surface area contributed by atoms with Crippen LogP contribution in [-0.2, 0) is 14.3 Å². The van der Waals surface area contributed by atoms with Crippen molar-refractivity contribution in [3.05, 3.63) is 34.9 Å². The fourth-order valence-corrected chi connectivity index (χ4v) is 5.30. The van der Waals surface area contributed by atoms with Crippen LogP contribution in [0.2, 0.25) is 0 Å². The molecule has 0 heterocycles. The van der Waals surface area contributed by atoms with Gasteiger partial charge in [-0.1, -0.05) is 82.1 Å². The molecular formula is C32H53N3O5. The first-order chi connectivity index (χ1) is 19.0. The van der Waals surface area contributed by atoms with Gasteiger partial charge in [0.15, 0.2) is 0 Å². The van der Waals surface area contributed by atoms with Crippen LogP contribution in [0.5, 0.6) is 0 Å². The highest BCUT2D eigenvalue weighted by atomic mass is 16.6. The Bertz CT molecular complexity index is 952. The third-order valence-electron chi connectivity index (χ3n) is 7.45. The van der Waals surface area contributed by atoms with E-state index in [4.69, 9.17) is 4.74 Å². The van der Waals surface area contributed by atoms with E-state index in [9.17, 15) is 19.5 Å². The van der Waals surface area contributed by atoms with Crippen LogP contribution in [0.15, 0.2) is 18.2 Å². The first-order valence-electron chi connectivity index (χ1n) is 15.2. The predicted octanol–water partition coefficient (Wildman–Crippen LogP) is 5.87. The third kappa shape index (κ3) is 11.1. The largest absolute Gasteiger partial charge is 0.444 e. The van der Waals surface area contributed by atoms with E-state index in [-0.39, 0.29) is 11.9 Å². The molecule has 0 aliphatic heterocycles. The monoisotopic (exact) mass is 559 g/mol. The lowest BCUT2D eigenvalue weighted by Crippen LogP contribution is -2.55. The van der Waals surface area contributed by atoms with Crippen LogP contribution in [0.3, 0.4) is 0 Å². The van der Waals surface area contributed by atoms with Gasteiger partial charge in [0, 0.05) is 12.6 Å². The molecule has 2 rings (SSSR count). The molecule has 1 aromatic carbocycles. The maximum atomic E-state index is 14.1. The maximum absolute atomic E-state index is 14.1.